The van der Waals surface area contributed by atoms with Crippen LogP contribution in [0.3, 0.4) is 0 Å². The summed E-state index contributed by atoms with van der Waals surface area (Å²) in [6.07, 6.45) is 1.44. The Hall–Kier alpha value is -1.53. The lowest BCUT2D eigenvalue weighted by atomic mass is 10.2. The lowest BCUT2D eigenvalue weighted by Gasteiger charge is -2.36. The van der Waals surface area contributed by atoms with E-state index in [-0.39, 0.29) is 5.56 Å². The Morgan fingerprint density at radius 1 is 1.10 bits per heavy atom. The van der Waals surface area contributed by atoms with Crippen molar-refractivity contribution in [3.63, 3.8) is 0 Å². The Balaban J connectivity index is 1.71. The quantitative estimate of drug-likeness (QED) is 0.884. The molecule has 21 heavy (non-hydrogen) atoms. The van der Waals surface area contributed by atoms with E-state index in [1.54, 1.807) is 0 Å². The molecule has 1 aromatic carbocycles. The van der Waals surface area contributed by atoms with E-state index in [0.717, 1.165) is 36.9 Å². The Bertz CT molecular complexity index is 680. The number of piperazine rings is 1. The first kappa shape index (κ1) is 14.4. The van der Waals surface area contributed by atoms with Gasteiger partial charge < -0.3 is 14.8 Å². The summed E-state index contributed by atoms with van der Waals surface area (Å²) < 4.78 is 0.491. The maximum atomic E-state index is 11.6. The van der Waals surface area contributed by atoms with Gasteiger partial charge in [0.05, 0.1) is 6.33 Å². The molecule has 0 unspecified atom stereocenters. The van der Waals surface area contributed by atoms with Gasteiger partial charge >= 0.3 is 0 Å². The van der Waals surface area contributed by atoms with Gasteiger partial charge in [-0.15, -0.1) is 0 Å². The van der Waals surface area contributed by atoms with Crippen LogP contribution in [0.1, 0.15) is 0 Å². The minimum Gasteiger partial charge on any atom is -0.368 e. The molecule has 0 saturated carbocycles. The number of aromatic amines is 1. The van der Waals surface area contributed by atoms with Crippen LogP contribution in [-0.4, -0.2) is 36.1 Å². The minimum absolute atomic E-state index is 0.153. The van der Waals surface area contributed by atoms with Gasteiger partial charge in [0.1, 0.15) is 10.3 Å². The number of H-pyrrole nitrogens is 1. The fourth-order valence-corrected chi connectivity index (χ4v) is 3.02. The molecule has 5 nitrogen and oxygen atoms in total. The Kier molecular flexibility index (Phi) is 4.17. The number of rotatable bonds is 2. The molecular formula is C14H14BrClN4O. The number of aromatic nitrogens is 2. The Labute approximate surface area is 135 Å². The van der Waals surface area contributed by atoms with Gasteiger partial charge in [-0.1, -0.05) is 11.6 Å². The highest BCUT2D eigenvalue weighted by molar-refractivity contribution is 9.10. The van der Waals surface area contributed by atoms with Crippen LogP contribution in [0.2, 0.25) is 5.02 Å². The first-order chi connectivity index (χ1) is 10.1. The standard InChI is InChI=1S/C14H14BrClN4O/c15-12-13(17-9-18-14(12)21)20-7-5-19(6-8-20)11-3-1-10(16)2-4-11/h1-4,9H,5-8H2,(H,17,18,21). The molecule has 1 N–H and O–H groups in total. The van der Waals surface area contributed by atoms with E-state index in [0.29, 0.717) is 10.3 Å². The normalized spacial score (nSPS) is 15.3. The monoisotopic (exact) mass is 368 g/mol. The third-order valence-corrected chi connectivity index (χ3v) is 4.52. The molecule has 0 aliphatic carbocycles. The van der Waals surface area contributed by atoms with Crippen molar-refractivity contribution in [1.82, 2.24) is 9.97 Å². The molecule has 0 atom stereocenters. The van der Waals surface area contributed by atoms with Gasteiger partial charge in [0.2, 0.25) is 0 Å². The van der Waals surface area contributed by atoms with E-state index in [1.807, 2.05) is 24.3 Å². The van der Waals surface area contributed by atoms with Crippen molar-refractivity contribution in [2.75, 3.05) is 36.0 Å². The second-order valence-corrected chi connectivity index (χ2v) is 6.05. The maximum absolute atomic E-state index is 11.6. The molecule has 110 valence electrons. The highest BCUT2D eigenvalue weighted by atomic mass is 79.9. The number of anilines is 2. The van der Waals surface area contributed by atoms with E-state index in [9.17, 15) is 4.79 Å². The topological polar surface area (TPSA) is 52.2 Å². The number of benzene rings is 1. The van der Waals surface area contributed by atoms with Crippen molar-refractivity contribution >= 4 is 39.0 Å². The highest BCUT2D eigenvalue weighted by Gasteiger charge is 2.20. The van der Waals surface area contributed by atoms with Crippen molar-refractivity contribution in [3.8, 4) is 0 Å². The molecule has 0 amide bonds. The van der Waals surface area contributed by atoms with Crippen LogP contribution in [0.5, 0.6) is 0 Å². The molecule has 1 aliphatic heterocycles. The number of nitrogens with zero attached hydrogens (tertiary/aromatic N) is 3. The molecular weight excluding hydrogens is 356 g/mol. The second kappa shape index (κ2) is 6.07. The fraction of sp³-hybridized carbons (Fsp3) is 0.286. The third-order valence-electron chi connectivity index (χ3n) is 3.55. The zero-order valence-corrected chi connectivity index (χ0v) is 13.6. The van der Waals surface area contributed by atoms with E-state index in [4.69, 9.17) is 11.6 Å². The number of halogens is 2. The average molecular weight is 370 g/mol. The summed E-state index contributed by atoms with van der Waals surface area (Å²) in [5, 5.41) is 0.744. The van der Waals surface area contributed by atoms with Gasteiger partial charge in [0, 0.05) is 36.9 Å². The molecule has 1 saturated heterocycles. The van der Waals surface area contributed by atoms with Crippen LogP contribution in [0, 0.1) is 0 Å². The van der Waals surface area contributed by atoms with Gasteiger partial charge in [0.25, 0.3) is 5.56 Å². The van der Waals surface area contributed by atoms with E-state index in [2.05, 4.69) is 35.7 Å². The molecule has 2 aromatic rings. The van der Waals surface area contributed by atoms with Crippen LogP contribution in [0.4, 0.5) is 11.5 Å². The van der Waals surface area contributed by atoms with Crippen molar-refractivity contribution in [2.24, 2.45) is 0 Å². The van der Waals surface area contributed by atoms with Gasteiger partial charge in [-0.05, 0) is 40.2 Å². The van der Waals surface area contributed by atoms with Gasteiger partial charge in [0.15, 0.2) is 0 Å². The molecule has 1 aliphatic rings. The third kappa shape index (κ3) is 3.06. The lowest BCUT2D eigenvalue weighted by Crippen LogP contribution is -2.47. The Morgan fingerprint density at radius 3 is 2.38 bits per heavy atom. The van der Waals surface area contributed by atoms with Crippen LogP contribution in [0.15, 0.2) is 39.9 Å². The predicted molar refractivity (Wildman–Crippen MR) is 88.4 cm³/mol. The van der Waals surface area contributed by atoms with Crippen molar-refractivity contribution in [2.45, 2.75) is 0 Å². The smallest absolute Gasteiger partial charge is 0.267 e. The van der Waals surface area contributed by atoms with Gasteiger partial charge in [-0.3, -0.25) is 4.79 Å². The van der Waals surface area contributed by atoms with Crippen LogP contribution in [-0.2, 0) is 0 Å². The van der Waals surface area contributed by atoms with E-state index >= 15 is 0 Å². The van der Waals surface area contributed by atoms with Gasteiger partial charge in [-0.25, -0.2) is 4.98 Å². The van der Waals surface area contributed by atoms with Crippen molar-refractivity contribution in [1.29, 1.82) is 0 Å². The largest absolute Gasteiger partial charge is 0.368 e. The fourth-order valence-electron chi connectivity index (χ4n) is 2.42. The SMILES string of the molecule is O=c1[nH]cnc(N2CCN(c3ccc(Cl)cc3)CC2)c1Br. The second-order valence-electron chi connectivity index (χ2n) is 4.82. The summed E-state index contributed by atoms with van der Waals surface area (Å²) in [6, 6.07) is 7.86. The van der Waals surface area contributed by atoms with Crippen LogP contribution in [0.25, 0.3) is 0 Å². The number of hydrogen-bond donors (Lipinski definition) is 1. The van der Waals surface area contributed by atoms with Gasteiger partial charge in [-0.2, -0.15) is 0 Å². The summed E-state index contributed by atoms with van der Waals surface area (Å²) in [5.41, 5.74) is 1.01. The first-order valence-electron chi connectivity index (χ1n) is 6.64. The molecule has 3 rings (SSSR count). The lowest BCUT2D eigenvalue weighted by molar-refractivity contribution is 0.645. The minimum atomic E-state index is -0.153. The molecule has 0 bridgehead atoms. The average Bonchev–Trinajstić information content (AvgIpc) is 2.51. The summed E-state index contributed by atoms with van der Waals surface area (Å²) in [7, 11) is 0. The van der Waals surface area contributed by atoms with Crippen LogP contribution >= 0.6 is 27.5 Å². The van der Waals surface area contributed by atoms with E-state index in [1.165, 1.54) is 6.33 Å². The molecule has 0 radical (unpaired) electrons. The summed E-state index contributed by atoms with van der Waals surface area (Å²) in [4.78, 5) is 22.8. The Morgan fingerprint density at radius 2 is 1.71 bits per heavy atom. The predicted octanol–water partition coefficient (Wildman–Crippen LogP) is 2.51. The van der Waals surface area contributed by atoms with E-state index < -0.39 is 0 Å². The maximum Gasteiger partial charge on any atom is 0.267 e. The van der Waals surface area contributed by atoms with Crippen LogP contribution < -0.4 is 15.4 Å². The molecule has 2 heterocycles. The first-order valence-corrected chi connectivity index (χ1v) is 7.81. The molecule has 1 fully saturated rings. The molecule has 0 spiro atoms. The zero-order chi connectivity index (χ0) is 14.8. The summed E-state index contributed by atoms with van der Waals surface area (Å²) in [6.45, 7) is 3.39. The number of hydrogen-bond acceptors (Lipinski definition) is 4. The summed E-state index contributed by atoms with van der Waals surface area (Å²) >= 11 is 9.22. The zero-order valence-electron chi connectivity index (χ0n) is 11.2. The molecule has 1 aromatic heterocycles. The highest BCUT2D eigenvalue weighted by Crippen LogP contribution is 2.23. The molecule has 7 heteroatoms. The van der Waals surface area contributed by atoms with Crippen molar-refractivity contribution < 1.29 is 0 Å². The summed E-state index contributed by atoms with van der Waals surface area (Å²) in [5.74, 6) is 0.703. The number of nitrogens with one attached hydrogen (secondary N) is 1. The van der Waals surface area contributed by atoms with Crippen molar-refractivity contribution in [3.05, 3.63) is 50.4 Å².